The molecular weight excluding hydrogens is 304 g/mol. The van der Waals surface area contributed by atoms with Gasteiger partial charge in [0.25, 0.3) is 0 Å². The van der Waals surface area contributed by atoms with Crippen LogP contribution in [0.5, 0.6) is 5.75 Å². The van der Waals surface area contributed by atoms with E-state index in [2.05, 4.69) is 10.0 Å². The molecule has 0 spiro atoms. The fourth-order valence-corrected chi connectivity index (χ4v) is 3.28. The highest BCUT2D eigenvalue weighted by Gasteiger charge is 2.26. The smallest absolute Gasteiger partial charge is 0.244 e. The number of amides is 1. The van der Waals surface area contributed by atoms with Crippen LogP contribution < -0.4 is 14.8 Å². The van der Waals surface area contributed by atoms with Crippen molar-refractivity contribution in [2.75, 3.05) is 7.11 Å². The normalized spacial score (nSPS) is 13.5. The lowest BCUT2D eigenvalue weighted by atomic mass is 10.1. The van der Waals surface area contributed by atoms with Gasteiger partial charge in [-0.05, 0) is 52.3 Å². The third kappa shape index (κ3) is 4.99. The molecule has 0 bridgehead atoms. The predicted octanol–water partition coefficient (Wildman–Crippen LogP) is 1.59. The summed E-state index contributed by atoms with van der Waals surface area (Å²) in [4.78, 5) is 12.0. The summed E-state index contributed by atoms with van der Waals surface area (Å²) in [5, 5.41) is 2.74. The highest BCUT2D eigenvalue weighted by molar-refractivity contribution is 7.89. The van der Waals surface area contributed by atoms with Gasteiger partial charge in [-0.25, -0.2) is 8.42 Å². The molecule has 22 heavy (non-hydrogen) atoms. The Balaban J connectivity index is 3.01. The van der Waals surface area contributed by atoms with Crippen molar-refractivity contribution in [2.24, 2.45) is 0 Å². The fraction of sp³-hybridized carbons (Fsp3) is 0.533. The van der Waals surface area contributed by atoms with Crippen molar-refractivity contribution in [2.45, 2.75) is 51.1 Å². The summed E-state index contributed by atoms with van der Waals surface area (Å²) >= 11 is 0. The molecule has 6 nitrogen and oxygen atoms in total. The van der Waals surface area contributed by atoms with Gasteiger partial charge in [0.05, 0.1) is 13.2 Å². The van der Waals surface area contributed by atoms with Gasteiger partial charge in [0.1, 0.15) is 10.6 Å². The average Bonchev–Trinajstić information content (AvgIpc) is 2.36. The Morgan fingerprint density at radius 2 is 1.86 bits per heavy atom. The molecule has 0 aliphatic rings. The minimum absolute atomic E-state index is 0.0189. The summed E-state index contributed by atoms with van der Waals surface area (Å²) in [6.07, 6.45) is 0. The molecule has 1 atom stereocenters. The van der Waals surface area contributed by atoms with Gasteiger partial charge in [-0.2, -0.15) is 4.72 Å². The van der Waals surface area contributed by atoms with Crippen molar-refractivity contribution >= 4 is 15.9 Å². The van der Waals surface area contributed by atoms with Crippen molar-refractivity contribution < 1.29 is 17.9 Å². The van der Waals surface area contributed by atoms with Crippen LogP contribution >= 0.6 is 0 Å². The first-order valence-electron chi connectivity index (χ1n) is 6.95. The molecule has 1 rings (SSSR count). The molecule has 0 unspecified atom stereocenters. The van der Waals surface area contributed by atoms with Gasteiger partial charge in [-0.1, -0.05) is 6.07 Å². The zero-order chi connectivity index (χ0) is 17.1. The number of ether oxygens (including phenoxy) is 1. The van der Waals surface area contributed by atoms with Gasteiger partial charge < -0.3 is 10.1 Å². The first-order valence-corrected chi connectivity index (χ1v) is 8.43. The monoisotopic (exact) mass is 328 g/mol. The van der Waals surface area contributed by atoms with Crippen LogP contribution in [0.15, 0.2) is 23.1 Å². The maximum absolute atomic E-state index is 12.5. The standard InChI is InChI=1S/C15H24N2O4S/c1-10-7-8-12(21-6)13(9-10)22(19,20)17-11(2)14(18)16-15(3,4)5/h7-9,11,17H,1-6H3,(H,16,18)/t11-/m0/s1. The topological polar surface area (TPSA) is 84.5 Å². The van der Waals surface area contributed by atoms with Crippen molar-refractivity contribution in [1.29, 1.82) is 0 Å². The van der Waals surface area contributed by atoms with E-state index in [0.29, 0.717) is 0 Å². The second-order valence-electron chi connectivity index (χ2n) is 6.24. The molecule has 124 valence electrons. The largest absolute Gasteiger partial charge is 0.495 e. The Bertz CT molecular complexity index is 648. The summed E-state index contributed by atoms with van der Waals surface area (Å²) in [5.74, 6) is -0.149. The Labute approximate surface area is 132 Å². The number of sulfonamides is 1. The second-order valence-corrected chi connectivity index (χ2v) is 7.92. The molecule has 0 aliphatic heterocycles. The van der Waals surface area contributed by atoms with Crippen molar-refractivity contribution in [1.82, 2.24) is 10.0 Å². The molecule has 0 aromatic heterocycles. The van der Waals surface area contributed by atoms with Crippen LogP contribution in [0.25, 0.3) is 0 Å². The number of aryl methyl sites for hydroxylation is 1. The quantitative estimate of drug-likeness (QED) is 0.859. The van der Waals surface area contributed by atoms with Crippen molar-refractivity contribution in [3.05, 3.63) is 23.8 Å². The lowest BCUT2D eigenvalue weighted by Gasteiger charge is -2.23. The van der Waals surface area contributed by atoms with E-state index in [0.717, 1.165) is 5.56 Å². The summed E-state index contributed by atoms with van der Waals surface area (Å²) in [5.41, 5.74) is 0.352. The zero-order valence-electron chi connectivity index (χ0n) is 13.9. The van der Waals surface area contributed by atoms with Crippen molar-refractivity contribution in [3.63, 3.8) is 0 Å². The van der Waals surface area contributed by atoms with Crippen LogP contribution in [0.3, 0.4) is 0 Å². The van der Waals surface area contributed by atoms with Crippen LogP contribution in [0.2, 0.25) is 0 Å². The number of hydrogen-bond donors (Lipinski definition) is 2. The van der Waals surface area contributed by atoms with E-state index in [1.165, 1.54) is 20.1 Å². The molecule has 1 aromatic rings. The predicted molar refractivity (Wildman–Crippen MR) is 85.4 cm³/mol. The highest BCUT2D eigenvalue weighted by atomic mass is 32.2. The highest BCUT2D eigenvalue weighted by Crippen LogP contribution is 2.24. The Morgan fingerprint density at radius 1 is 1.27 bits per heavy atom. The molecule has 1 amide bonds. The minimum Gasteiger partial charge on any atom is -0.495 e. The number of carbonyl (C=O) groups is 1. The third-order valence-electron chi connectivity index (χ3n) is 2.83. The lowest BCUT2D eigenvalue weighted by Crippen LogP contribution is -2.50. The van der Waals surface area contributed by atoms with Gasteiger partial charge in [0, 0.05) is 5.54 Å². The maximum atomic E-state index is 12.5. The molecule has 7 heteroatoms. The number of carbonyl (C=O) groups excluding carboxylic acids is 1. The number of rotatable bonds is 5. The van der Waals surface area contributed by atoms with Gasteiger partial charge in [-0.15, -0.1) is 0 Å². The van der Waals surface area contributed by atoms with Crippen LogP contribution in [-0.4, -0.2) is 33.0 Å². The molecular formula is C15H24N2O4S. The Kier molecular flexibility index (Phi) is 5.59. The van der Waals surface area contributed by atoms with E-state index in [9.17, 15) is 13.2 Å². The van der Waals surface area contributed by atoms with Gasteiger partial charge in [0.15, 0.2) is 0 Å². The molecule has 1 aromatic carbocycles. The summed E-state index contributed by atoms with van der Waals surface area (Å²) < 4.78 is 32.4. The molecule has 0 fully saturated rings. The first-order chi connectivity index (χ1) is 9.96. The summed E-state index contributed by atoms with van der Waals surface area (Å²) in [7, 11) is -2.46. The molecule has 0 radical (unpaired) electrons. The Hall–Kier alpha value is -1.60. The SMILES string of the molecule is COc1ccc(C)cc1S(=O)(=O)N[C@@H](C)C(=O)NC(C)(C)C. The molecule has 0 aliphatic carbocycles. The molecule has 0 saturated carbocycles. The van der Waals surface area contributed by atoms with Crippen molar-refractivity contribution in [3.8, 4) is 5.75 Å². The van der Waals surface area contributed by atoms with E-state index in [1.807, 2.05) is 20.8 Å². The average molecular weight is 328 g/mol. The molecule has 0 heterocycles. The number of hydrogen-bond acceptors (Lipinski definition) is 4. The van der Waals surface area contributed by atoms with E-state index in [4.69, 9.17) is 4.74 Å². The number of benzene rings is 1. The fourth-order valence-electron chi connectivity index (χ4n) is 1.82. The summed E-state index contributed by atoms with van der Waals surface area (Å²) in [6.45, 7) is 8.77. The van der Waals surface area contributed by atoms with Crippen LogP contribution in [0.1, 0.15) is 33.3 Å². The van der Waals surface area contributed by atoms with E-state index >= 15 is 0 Å². The maximum Gasteiger partial charge on any atom is 0.244 e. The van der Waals surface area contributed by atoms with Crippen LogP contribution in [0.4, 0.5) is 0 Å². The van der Waals surface area contributed by atoms with Gasteiger partial charge in [-0.3, -0.25) is 4.79 Å². The second kappa shape index (κ2) is 6.66. The molecule has 0 saturated heterocycles. The minimum atomic E-state index is -3.86. The lowest BCUT2D eigenvalue weighted by molar-refractivity contribution is -0.123. The molecule has 2 N–H and O–H groups in total. The third-order valence-corrected chi connectivity index (χ3v) is 4.39. The zero-order valence-corrected chi connectivity index (χ0v) is 14.7. The van der Waals surface area contributed by atoms with Gasteiger partial charge >= 0.3 is 0 Å². The first kappa shape index (κ1) is 18.4. The summed E-state index contributed by atoms with van der Waals surface area (Å²) in [6, 6.07) is 3.96. The van der Waals surface area contributed by atoms with E-state index < -0.39 is 21.6 Å². The van der Waals surface area contributed by atoms with E-state index in [-0.39, 0.29) is 16.6 Å². The van der Waals surface area contributed by atoms with E-state index in [1.54, 1.807) is 19.1 Å². The van der Waals surface area contributed by atoms with Gasteiger partial charge in [0.2, 0.25) is 15.9 Å². The van der Waals surface area contributed by atoms with Crippen LogP contribution in [-0.2, 0) is 14.8 Å². The number of nitrogens with one attached hydrogen (secondary N) is 2. The van der Waals surface area contributed by atoms with Crippen LogP contribution in [0, 0.1) is 6.92 Å². The Morgan fingerprint density at radius 3 is 2.36 bits per heavy atom. The number of methoxy groups -OCH3 is 1.